The van der Waals surface area contributed by atoms with Gasteiger partial charge in [-0.25, -0.2) is 0 Å². The van der Waals surface area contributed by atoms with Crippen molar-refractivity contribution >= 4 is 29.3 Å². The molecule has 0 atom stereocenters. The molecular formula is C12H8N4O3S. The van der Waals surface area contributed by atoms with Gasteiger partial charge in [-0.3, -0.25) is 10.1 Å². The Hall–Kier alpha value is -2.74. The second kappa shape index (κ2) is 5.49. The molecule has 7 nitrogen and oxygen atoms in total. The highest BCUT2D eigenvalue weighted by Crippen LogP contribution is 2.18. The maximum absolute atomic E-state index is 11.6. The molecular weight excluding hydrogens is 280 g/mol. The van der Waals surface area contributed by atoms with Crippen LogP contribution in [0.1, 0.15) is 4.88 Å². The van der Waals surface area contributed by atoms with Crippen LogP contribution in [-0.2, 0) is 4.79 Å². The molecule has 0 aliphatic rings. The van der Waals surface area contributed by atoms with Crippen LogP contribution in [0.5, 0.6) is 0 Å². The summed E-state index contributed by atoms with van der Waals surface area (Å²) < 4.78 is 10.1. The van der Waals surface area contributed by atoms with Crippen LogP contribution in [0.3, 0.4) is 0 Å². The molecule has 8 heteroatoms. The molecule has 1 amide bonds. The van der Waals surface area contributed by atoms with Crippen molar-refractivity contribution in [3.63, 3.8) is 0 Å². The fourth-order valence-electron chi connectivity index (χ4n) is 1.39. The molecule has 0 saturated heterocycles. The van der Waals surface area contributed by atoms with E-state index in [1.807, 2.05) is 17.5 Å². The largest absolute Gasteiger partial charge is 0.400 e. The second-order valence-corrected chi connectivity index (χ2v) is 4.61. The van der Waals surface area contributed by atoms with Gasteiger partial charge in [-0.15, -0.1) is 16.4 Å². The van der Waals surface area contributed by atoms with Crippen LogP contribution in [0, 0.1) is 0 Å². The summed E-state index contributed by atoms with van der Waals surface area (Å²) in [6.45, 7) is 0. The van der Waals surface area contributed by atoms with Crippen LogP contribution >= 0.6 is 11.3 Å². The van der Waals surface area contributed by atoms with E-state index in [9.17, 15) is 4.79 Å². The second-order valence-electron chi connectivity index (χ2n) is 3.63. The minimum absolute atomic E-state index is 0.00257. The highest BCUT2D eigenvalue weighted by atomic mass is 32.1. The lowest BCUT2D eigenvalue weighted by atomic mass is 10.4. The van der Waals surface area contributed by atoms with Crippen LogP contribution in [0.25, 0.3) is 17.7 Å². The Morgan fingerprint density at radius 1 is 1.35 bits per heavy atom. The van der Waals surface area contributed by atoms with Crippen LogP contribution in [0.15, 0.2) is 44.8 Å². The Bertz CT molecular complexity index is 716. The Morgan fingerprint density at radius 3 is 3.05 bits per heavy atom. The number of carbonyl (C=O) groups is 1. The highest BCUT2D eigenvalue weighted by molar-refractivity contribution is 7.10. The smallest absolute Gasteiger partial charge is 0.322 e. The van der Waals surface area contributed by atoms with E-state index in [0.29, 0.717) is 5.76 Å². The molecule has 0 saturated carbocycles. The number of nitrogens with zero attached hydrogens (tertiary/aromatic N) is 3. The topological polar surface area (TPSA) is 94.1 Å². The predicted molar refractivity (Wildman–Crippen MR) is 71.8 cm³/mol. The lowest BCUT2D eigenvalue weighted by Gasteiger charge is -1.92. The van der Waals surface area contributed by atoms with Crippen LogP contribution in [0.2, 0.25) is 0 Å². The van der Waals surface area contributed by atoms with E-state index in [-0.39, 0.29) is 17.8 Å². The summed E-state index contributed by atoms with van der Waals surface area (Å²) >= 11 is 1.54. The number of thiophene rings is 1. The summed E-state index contributed by atoms with van der Waals surface area (Å²) in [5.74, 6) is 0.137. The number of carbonyl (C=O) groups excluding carboxylic acids is 1. The van der Waals surface area contributed by atoms with Gasteiger partial charge in [0.05, 0.1) is 6.20 Å². The standard InChI is InChI=1S/C12H8N4O3S/c17-10(4-3-8-2-1-7-20-8)14-12-16-15-11(18-12)9-5-6-13-19-9/h1-7H,(H,14,16,17). The Labute approximate surface area is 116 Å². The number of hydrogen-bond donors (Lipinski definition) is 1. The molecule has 3 heterocycles. The van der Waals surface area contributed by atoms with Gasteiger partial charge in [0.1, 0.15) is 0 Å². The number of amides is 1. The van der Waals surface area contributed by atoms with E-state index in [2.05, 4.69) is 20.7 Å². The fourth-order valence-corrected chi connectivity index (χ4v) is 2.01. The predicted octanol–water partition coefficient (Wildman–Crippen LogP) is 2.44. The monoisotopic (exact) mass is 288 g/mol. The van der Waals surface area contributed by atoms with E-state index in [0.717, 1.165) is 4.88 Å². The van der Waals surface area contributed by atoms with Gasteiger partial charge in [0.15, 0.2) is 0 Å². The first-order chi connectivity index (χ1) is 9.81. The molecule has 3 aromatic rings. The molecule has 0 radical (unpaired) electrons. The summed E-state index contributed by atoms with van der Waals surface area (Å²) in [5.41, 5.74) is 0. The van der Waals surface area contributed by atoms with Crippen molar-refractivity contribution in [3.05, 3.63) is 40.7 Å². The molecule has 0 spiro atoms. The third-order valence-electron chi connectivity index (χ3n) is 2.25. The number of nitrogens with one attached hydrogen (secondary N) is 1. The lowest BCUT2D eigenvalue weighted by molar-refractivity contribution is -0.112. The zero-order valence-electron chi connectivity index (χ0n) is 10.0. The van der Waals surface area contributed by atoms with Crippen LogP contribution < -0.4 is 5.32 Å². The zero-order valence-corrected chi connectivity index (χ0v) is 10.8. The van der Waals surface area contributed by atoms with Gasteiger partial charge in [-0.05, 0) is 17.5 Å². The minimum atomic E-state index is -0.355. The number of anilines is 1. The Kier molecular flexibility index (Phi) is 3.38. The Balaban J connectivity index is 1.65. The van der Waals surface area contributed by atoms with Crippen molar-refractivity contribution in [2.75, 3.05) is 5.32 Å². The summed E-state index contributed by atoms with van der Waals surface area (Å²) in [5, 5.41) is 15.3. The zero-order chi connectivity index (χ0) is 13.8. The quantitative estimate of drug-likeness (QED) is 0.741. The summed E-state index contributed by atoms with van der Waals surface area (Å²) in [6, 6.07) is 5.39. The molecule has 3 rings (SSSR count). The Morgan fingerprint density at radius 2 is 2.30 bits per heavy atom. The number of hydrogen-bond acceptors (Lipinski definition) is 7. The molecule has 3 aromatic heterocycles. The average molecular weight is 288 g/mol. The van der Waals surface area contributed by atoms with Gasteiger partial charge in [-0.2, -0.15) is 0 Å². The van der Waals surface area contributed by atoms with Crippen molar-refractivity contribution in [1.29, 1.82) is 0 Å². The molecule has 0 aromatic carbocycles. The molecule has 0 fully saturated rings. The van der Waals surface area contributed by atoms with Gasteiger partial charge in [0.2, 0.25) is 5.76 Å². The summed E-state index contributed by atoms with van der Waals surface area (Å²) in [4.78, 5) is 12.6. The first-order valence-corrected chi connectivity index (χ1v) is 6.46. The maximum atomic E-state index is 11.6. The highest BCUT2D eigenvalue weighted by Gasteiger charge is 2.12. The molecule has 0 unspecified atom stereocenters. The van der Waals surface area contributed by atoms with Crippen molar-refractivity contribution in [2.45, 2.75) is 0 Å². The van der Waals surface area contributed by atoms with Crippen molar-refractivity contribution < 1.29 is 13.7 Å². The number of rotatable bonds is 4. The van der Waals surface area contributed by atoms with E-state index >= 15 is 0 Å². The van der Waals surface area contributed by atoms with Gasteiger partial charge in [0, 0.05) is 17.0 Å². The maximum Gasteiger partial charge on any atom is 0.322 e. The number of aromatic nitrogens is 3. The van der Waals surface area contributed by atoms with Gasteiger partial charge in [0.25, 0.3) is 11.8 Å². The SMILES string of the molecule is O=C(C=Cc1cccs1)Nc1nnc(-c2ccno2)o1. The van der Waals surface area contributed by atoms with Crippen LogP contribution in [-0.4, -0.2) is 21.3 Å². The first kappa shape index (κ1) is 12.3. The van der Waals surface area contributed by atoms with Crippen molar-refractivity contribution in [1.82, 2.24) is 15.4 Å². The molecule has 20 heavy (non-hydrogen) atoms. The molecule has 0 bridgehead atoms. The van der Waals surface area contributed by atoms with Crippen LogP contribution in [0.4, 0.5) is 6.01 Å². The average Bonchev–Trinajstić information content (AvgIpc) is 3.18. The molecule has 100 valence electrons. The molecule has 0 aliphatic carbocycles. The summed E-state index contributed by atoms with van der Waals surface area (Å²) in [7, 11) is 0. The molecule has 1 N–H and O–H groups in total. The summed E-state index contributed by atoms with van der Waals surface area (Å²) in [6.07, 6.45) is 4.55. The third kappa shape index (κ3) is 2.81. The lowest BCUT2D eigenvalue weighted by Crippen LogP contribution is -2.07. The fraction of sp³-hybridized carbons (Fsp3) is 0. The minimum Gasteiger partial charge on any atom is -0.400 e. The van der Waals surface area contributed by atoms with Gasteiger partial charge >= 0.3 is 6.01 Å². The first-order valence-electron chi connectivity index (χ1n) is 5.58. The normalized spacial score (nSPS) is 11.0. The van der Waals surface area contributed by atoms with E-state index in [1.165, 1.54) is 23.6 Å². The molecule has 0 aliphatic heterocycles. The van der Waals surface area contributed by atoms with E-state index in [1.54, 1.807) is 12.1 Å². The van der Waals surface area contributed by atoms with Gasteiger partial charge < -0.3 is 8.94 Å². The van der Waals surface area contributed by atoms with E-state index < -0.39 is 0 Å². The van der Waals surface area contributed by atoms with Crippen molar-refractivity contribution in [3.8, 4) is 11.7 Å². The van der Waals surface area contributed by atoms with E-state index in [4.69, 9.17) is 8.94 Å². The third-order valence-corrected chi connectivity index (χ3v) is 3.08. The van der Waals surface area contributed by atoms with Crippen molar-refractivity contribution in [2.24, 2.45) is 0 Å². The van der Waals surface area contributed by atoms with Gasteiger partial charge in [-0.1, -0.05) is 16.3 Å².